The minimum absolute atomic E-state index is 0.0623. The molecule has 0 fully saturated rings. The summed E-state index contributed by atoms with van der Waals surface area (Å²) >= 11 is 0. The summed E-state index contributed by atoms with van der Waals surface area (Å²) in [5.41, 5.74) is -0.411. The molecule has 0 bridgehead atoms. The zero-order valence-electron chi connectivity index (χ0n) is 10.7. The lowest BCUT2D eigenvalue weighted by Crippen LogP contribution is -2.28. The third kappa shape index (κ3) is 7.77. The average Bonchev–Trinajstić information content (AvgIpc) is 2.15. The van der Waals surface area contributed by atoms with Gasteiger partial charge in [0.1, 0.15) is 0 Å². The van der Waals surface area contributed by atoms with Crippen LogP contribution in [-0.4, -0.2) is 11.9 Å². The van der Waals surface area contributed by atoms with Crippen LogP contribution in [0.1, 0.15) is 60.3 Å². The molecule has 0 aliphatic rings. The van der Waals surface area contributed by atoms with Gasteiger partial charge in [-0.1, -0.05) is 26.7 Å². The van der Waals surface area contributed by atoms with Crippen LogP contribution in [0.2, 0.25) is 0 Å². The van der Waals surface area contributed by atoms with Gasteiger partial charge < -0.3 is 0 Å². The van der Waals surface area contributed by atoms with Gasteiger partial charge in [-0.15, -0.1) is 0 Å². The van der Waals surface area contributed by atoms with Crippen LogP contribution in [0.5, 0.6) is 0 Å². The van der Waals surface area contributed by atoms with E-state index in [1.807, 2.05) is 27.7 Å². The largest absolute Gasteiger partial charge is 0.228 e. The minimum atomic E-state index is -1.05. The fourth-order valence-electron chi connectivity index (χ4n) is 1.27. The van der Waals surface area contributed by atoms with Gasteiger partial charge in [0.2, 0.25) is 6.29 Å². The fourth-order valence-corrected chi connectivity index (χ4v) is 1.27. The van der Waals surface area contributed by atoms with E-state index in [1.165, 1.54) is 0 Å². The molecule has 2 atom stereocenters. The van der Waals surface area contributed by atoms with Crippen LogP contribution in [0, 0.1) is 5.92 Å². The first kappa shape index (κ1) is 14.9. The molecule has 0 aromatic heterocycles. The SMILES string of the molecule is CCCCC(CC)C([O])OOC(C)(C)C. The third-order valence-corrected chi connectivity index (χ3v) is 2.23. The summed E-state index contributed by atoms with van der Waals surface area (Å²) in [4.78, 5) is 9.94. The van der Waals surface area contributed by atoms with E-state index < -0.39 is 11.9 Å². The highest BCUT2D eigenvalue weighted by Crippen LogP contribution is 2.20. The topological polar surface area (TPSA) is 38.4 Å². The van der Waals surface area contributed by atoms with Crippen LogP contribution in [0.15, 0.2) is 0 Å². The Morgan fingerprint density at radius 2 is 1.80 bits per heavy atom. The molecule has 0 saturated heterocycles. The number of hydrogen-bond donors (Lipinski definition) is 0. The molecular weight excluding hydrogens is 192 g/mol. The van der Waals surface area contributed by atoms with Crippen molar-refractivity contribution in [2.24, 2.45) is 5.92 Å². The molecule has 0 rings (SSSR count). The average molecular weight is 217 g/mol. The van der Waals surface area contributed by atoms with Crippen LogP contribution in [0.3, 0.4) is 0 Å². The molecule has 0 aromatic carbocycles. The Morgan fingerprint density at radius 1 is 1.20 bits per heavy atom. The van der Waals surface area contributed by atoms with E-state index in [1.54, 1.807) is 0 Å². The molecule has 1 radical (unpaired) electrons. The molecule has 0 heterocycles. The molecule has 0 N–H and O–H groups in total. The molecule has 15 heavy (non-hydrogen) atoms. The highest BCUT2D eigenvalue weighted by Gasteiger charge is 2.23. The molecule has 91 valence electrons. The molecule has 3 heteroatoms. The van der Waals surface area contributed by atoms with Gasteiger partial charge in [-0.3, -0.25) is 0 Å². The molecule has 0 aliphatic heterocycles. The summed E-state index contributed by atoms with van der Waals surface area (Å²) in [5, 5.41) is 11.7. The smallest absolute Gasteiger partial charge is 0.227 e. The zero-order chi connectivity index (χ0) is 11.9. The van der Waals surface area contributed by atoms with E-state index in [9.17, 15) is 5.11 Å². The van der Waals surface area contributed by atoms with Crippen LogP contribution >= 0.6 is 0 Å². The Balaban J connectivity index is 3.87. The van der Waals surface area contributed by atoms with Crippen molar-refractivity contribution in [2.75, 3.05) is 0 Å². The van der Waals surface area contributed by atoms with Crippen molar-refractivity contribution in [1.29, 1.82) is 0 Å². The van der Waals surface area contributed by atoms with Gasteiger partial charge in [0.05, 0.1) is 5.60 Å². The van der Waals surface area contributed by atoms with Crippen molar-refractivity contribution in [3.05, 3.63) is 0 Å². The summed E-state index contributed by atoms with van der Waals surface area (Å²) < 4.78 is 0. The lowest BCUT2D eigenvalue weighted by molar-refractivity contribution is -0.429. The summed E-state index contributed by atoms with van der Waals surface area (Å²) in [6, 6.07) is 0. The van der Waals surface area contributed by atoms with Gasteiger partial charge in [-0.25, -0.2) is 9.78 Å². The Bertz CT molecular complexity index is 151. The van der Waals surface area contributed by atoms with Crippen molar-refractivity contribution in [3.8, 4) is 0 Å². The van der Waals surface area contributed by atoms with Crippen LogP contribution < -0.4 is 0 Å². The third-order valence-electron chi connectivity index (χ3n) is 2.23. The van der Waals surface area contributed by atoms with E-state index in [2.05, 4.69) is 6.92 Å². The lowest BCUT2D eigenvalue weighted by Gasteiger charge is -2.23. The first-order valence-corrected chi connectivity index (χ1v) is 5.91. The highest BCUT2D eigenvalue weighted by molar-refractivity contribution is 4.60. The second-order valence-electron chi connectivity index (χ2n) is 4.97. The molecule has 2 unspecified atom stereocenters. The van der Waals surface area contributed by atoms with Gasteiger partial charge in [0.25, 0.3) is 0 Å². The predicted octanol–water partition coefficient (Wildman–Crippen LogP) is 3.71. The van der Waals surface area contributed by atoms with E-state index in [-0.39, 0.29) is 5.92 Å². The number of rotatable bonds is 7. The van der Waals surface area contributed by atoms with Gasteiger partial charge in [-0.05, 0) is 33.6 Å². The highest BCUT2D eigenvalue weighted by atomic mass is 17.2. The second-order valence-corrected chi connectivity index (χ2v) is 4.97. The zero-order valence-corrected chi connectivity index (χ0v) is 10.7. The molecule has 3 nitrogen and oxygen atoms in total. The maximum Gasteiger partial charge on any atom is 0.227 e. The van der Waals surface area contributed by atoms with Crippen molar-refractivity contribution in [2.45, 2.75) is 72.2 Å². The predicted molar refractivity (Wildman–Crippen MR) is 59.7 cm³/mol. The summed E-state index contributed by atoms with van der Waals surface area (Å²) in [6.45, 7) is 9.75. The monoisotopic (exact) mass is 217 g/mol. The molecule has 0 spiro atoms. The summed E-state index contributed by atoms with van der Waals surface area (Å²) in [5.74, 6) is 0.0623. The second kappa shape index (κ2) is 7.20. The summed E-state index contributed by atoms with van der Waals surface area (Å²) in [6.07, 6.45) is 2.91. The first-order valence-electron chi connectivity index (χ1n) is 5.91. The van der Waals surface area contributed by atoms with Crippen LogP contribution in [0.4, 0.5) is 0 Å². The van der Waals surface area contributed by atoms with Crippen LogP contribution in [0.25, 0.3) is 0 Å². The number of hydrogen-bond acceptors (Lipinski definition) is 2. The van der Waals surface area contributed by atoms with Crippen molar-refractivity contribution < 1.29 is 14.9 Å². The molecule has 0 amide bonds. The Hall–Kier alpha value is -0.120. The molecular formula is C12H25O3. The van der Waals surface area contributed by atoms with E-state index in [0.29, 0.717) is 0 Å². The van der Waals surface area contributed by atoms with Crippen molar-refractivity contribution in [1.82, 2.24) is 0 Å². The van der Waals surface area contributed by atoms with Gasteiger partial charge >= 0.3 is 0 Å². The summed E-state index contributed by atoms with van der Waals surface area (Å²) in [7, 11) is 0. The Morgan fingerprint density at radius 3 is 2.20 bits per heavy atom. The van der Waals surface area contributed by atoms with Crippen LogP contribution in [-0.2, 0) is 14.9 Å². The lowest BCUT2D eigenvalue weighted by atomic mass is 9.99. The van der Waals surface area contributed by atoms with Crippen molar-refractivity contribution in [3.63, 3.8) is 0 Å². The first-order chi connectivity index (χ1) is 6.90. The Labute approximate surface area is 93.7 Å². The van der Waals surface area contributed by atoms with Gasteiger partial charge in [0, 0.05) is 5.92 Å². The number of unbranched alkanes of at least 4 members (excludes halogenated alkanes) is 1. The molecule has 0 saturated carbocycles. The molecule has 0 aliphatic carbocycles. The van der Waals surface area contributed by atoms with Gasteiger partial charge in [0.15, 0.2) is 0 Å². The fraction of sp³-hybridized carbons (Fsp3) is 1.00. The maximum atomic E-state index is 11.7. The minimum Gasteiger partial charge on any atom is -0.228 e. The van der Waals surface area contributed by atoms with Crippen molar-refractivity contribution >= 4 is 0 Å². The van der Waals surface area contributed by atoms with E-state index >= 15 is 0 Å². The Kier molecular flexibility index (Phi) is 7.14. The molecule has 0 aromatic rings. The quantitative estimate of drug-likeness (QED) is 0.370. The van der Waals surface area contributed by atoms with Gasteiger partial charge in [-0.2, -0.15) is 5.11 Å². The maximum absolute atomic E-state index is 11.7. The van der Waals surface area contributed by atoms with E-state index in [0.717, 1.165) is 25.7 Å². The van der Waals surface area contributed by atoms with E-state index in [4.69, 9.17) is 9.78 Å². The normalized spacial score (nSPS) is 16.4. The standard InChI is InChI=1S/C12H25O3/c1-6-8-9-10(7-2)11(13)14-15-12(3,4)5/h10-11H,6-9H2,1-5H3.